The predicted octanol–water partition coefficient (Wildman–Crippen LogP) is 4.11. The molecule has 0 aliphatic rings. The van der Waals surface area contributed by atoms with E-state index in [0.29, 0.717) is 13.2 Å². The number of hydrogen-bond donors (Lipinski definition) is 1. The lowest BCUT2D eigenvalue weighted by Crippen LogP contribution is -2.23. The van der Waals surface area contributed by atoms with Crippen LogP contribution in [0.5, 0.6) is 0 Å². The standard InChI is InChI=1S/C21H27NO2/c1-17(14-24-16-21(2,3)15-23)11-18-6-8-19(9-7-18)12-20-5-4-10-22-13-20/h4-11,13,23H,12,14-16H2,1-3H3/b17-11+. The van der Waals surface area contributed by atoms with E-state index in [0.717, 1.165) is 6.42 Å². The maximum Gasteiger partial charge on any atom is 0.0677 e. The van der Waals surface area contributed by atoms with Crippen LogP contribution in [0.15, 0.2) is 54.4 Å². The zero-order valence-corrected chi connectivity index (χ0v) is 14.8. The first kappa shape index (κ1) is 18.4. The van der Waals surface area contributed by atoms with E-state index < -0.39 is 0 Å². The van der Waals surface area contributed by atoms with Crippen molar-refractivity contribution in [3.63, 3.8) is 0 Å². The molecule has 128 valence electrons. The number of benzene rings is 1. The molecule has 1 aromatic carbocycles. The Morgan fingerprint density at radius 1 is 1.17 bits per heavy atom. The van der Waals surface area contributed by atoms with Crippen molar-refractivity contribution in [1.82, 2.24) is 4.98 Å². The van der Waals surface area contributed by atoms with Crippen LogP contribution in [0.3, 0.4) is 0 Å². The second-order valence-electron chi connectivity index (χ2n) is 7.09. The number of ether oxygens (including phenoxy) is 1. The van der Waals surface area contributed by atoms with Crippen LogP contribution in [0.4, 0.5) is 0 Å². The normalized spacial score (nSPS) is 12.4. The van der Waals surface area contributed by atoms with Gasteiger partial charge in [-0.1, -0.05) is 50.3 Å². The molecule has 0 radical (unpaired) electrons. The van der Waals surface area contributed by atoms with Gasteiger partial charge in [0.15, 0.2) is 0 Å². The zero-order valence-electron chi connectivity index (χ0n) is 14.8. The molecule has 0 aliphatic carbocycles. The van der Waals surface area contributed by atoms with Crippen molar-refractivity contribution >= 4 is 6.08 Å². The Hall–Kier alpha value is -1.97. The van der Waals surface area contributed by atoms with E-state index in [1.165, 1.54) is 22.3 Å². The summed E-state index contributed by atoms with van der Waals surface area (Å²) in [5, 5.41) is 9.23. The van der Waals surface area contributed by atoms with Crippen molar-refractivity contribution in [2.24, 2.45) is 5.41 Å². The van der Waals surface area contributed by atoms with Gasteiger partial charge in [0, 0.05) is 17.8 Å². The van der Waals surface area contributed by atoms with Crippen molar-refractivity contribution < 1.29 is 9.84 Å². The van der Waals surface area contributed by atoms with E-state index >= 15 is 0 Å². The van der Waals surface area contributed by atoms with Gasteiger partial charge in [0.1, 0.15) is 0 Å². The molecule has 0 fully saturated rings. The Morgan fingerprint density at radius 2 is 1.92 bits per heavy atom. The van der Waals surface area contributed by atoms with Crippen molar-refractivity contribution in [2.75, 3.05) is 19.8 Å². The highest BCUT2D eigenvalue weighted by Crippen LogP contribution is 2.15. The molecule has 1 heterocycles. The van der Waals surface area contributed by atoms with Gasteiger partial charge in [-0.2, -0.15) is 0 Å². The molecule has 1 N–H and O–H groups in total. The van der Waals surface area contributed by atoms with Crippen LogP contribution >= 0.6 is 0 Å². The van der Waals surface area contributed by atoms with Crippen molar-refractivity contribution in [3.8, 4) is 0 Å². The van der Waals surface area contributed by atoms with E-state index in [-0.39, 0.29) is 12.0 Å². The minimum Gasteiger partial charge on any atom is -0.396 e. The summed E-state index contributed by atoms with van der Waals surface area (Å²) in [5.74, 6) is 0. The number of aliphatic hydroxyl groups excluding tert-OH is 1. The summed E-state index contributed by atoms with van der Waals surface area (Å²) < 4.78 is 5.69. The summed E-state index contributed by atoms with van der Waals surface area (Å²) in [6, 6.07) is 12.6. The molecule has 24 heavy (non-hydrogen) atoms. The fourth-order valence-corrected chi connectivity index (χ4v) is 2.33. The Morgan fingerprint density at radius 3 is 2.54 bits per heavy atom. The Bertz CT molecular complexity index is 645. The SMILES string of the molecule is C/C(=C\c1ccc(Cc2cccnc2)cc1)COCC(C)(C)CO. The number of nitrogens with zero attached hydrogens (tertiary/aromatic N) is 1. The van der Waals surface area contributed by atoms with Crippen LogP contribution in [0.1, 0.15) is 37.5 Å². The lowest BCUT2D eigenvalue weighted by Gasteiger charge is -2.21. The molecule has 0 aliphatic heterocycles. The van der Waals surface area contributed by atoms with Gasteiger partial charge in [-0.25, -0.2) is 0 Å². The highest BCUT2D eigenvalue weighted by molar-refractivity contribution is 5.53. The third-order valence-electron chi connectivity index (χ3n) is 3.77. The smallest absolute Gasteiger partial charge is 0.0677 e. The highest BCUT2D eigenvalue weighted by Gasteiger charge is 2.16. The maximum atomic E-state index is 9.23. The summed E-state index contributed by atoms with van der Waals surface area (Å²) in [6.45, 7) is 7.32. The van der Waals surface area contributed by atoms with E-state index in [1.807, 2.05) is 26.1 Å². The summed E-state index contributed by atoms with van der Waals surface area (Å²) in [5.41, 5.74) is 4.65. The summed E-state index contributed by atoms with van der Waals surface area (Å²) in [4.78, 5) is 4.15. The van der Waals surface area contributed by atoms with Crippen LogP contribution in [0.25, 0.3) is 6.08 Å². The first-order valence-electron chi connectivity index (χ1n) is 8.32. The van der Waals surface area contributed by atoms with Crippen molar-refractivity contribution in [3.05, 3.63) is 71.1 Å². The molecule has 2 aromatic rings. The Labute approximate surface area is 145 Å². The number of pyridine rings is 1. The monoisotopic (exact) mass is 325 g/mol. The zero-order chi connectivity index (χ0) is 17.4. The number of aromatic nitrogens is 1. The highest BCUT2D eigenvalue weighted by atomic mass is 16.5. The largest absolute Gasteiger partial charge is 0.396 e. The van der Waals surface area contributed by atoms with Gasteiger partial charge >= 0.3 is 0 Å². The third kappa shape index (κ3) is 6.26. The fourth-order valence-electron chi connectivity index (χ4n) is 2.33. The topological polar surface area (TPSA) is 42.4 Å². The maximum absolute atomic E-state index is 9.23. The predicted molar refractivity (Wildman–Crippen MR) is 98.8 cm³/mol. The van der Waals surface area contributed by atoms with E-state index in [2.05, 4.69) is 48.3 Å². The van der Waals surface area contributed by atoms with Crippen molar-refractivity contribution in [1.29, 1.82) is 0 Å². The molecule has 0 amide bonds. The average molecular weight is 325 g/mol. The quantitative estimate of drug-likeness (QED) is 0.794. The molecule has 3 heteroatoms. The minimum absolute atomic E-state index is 0.133. The van der Waals surface area contributed by atoms with Crippen LogP contribution in [-0.2, 0) is 11.2 Å². The Balaban J connectivity index is 1.88. The number of rotatable bonds is 8. The summed E-state index contributed by atoms with van der Waals surface area (Å²) in [6.07, 6.45) is 6.74. The molecular formula is C21H27NO2. The lowest BCUT2D eigenvalue weighted by atomic mass is 9.96. The molecule has 0 spiro atoms. The van der Waals surface area contributed by atoms with Gasteiger partial charge in [0.25, 0.3) is 0 Å². The number of aliphatic hydroxyl groups is 1. The molecule has 2 rings (SSSR count). The molecule has 0 atom stereocenters. The van der Waals surface area contributed by atoms with E-state index in [4.69, 9.17) is 4.74 Å². The molecule has 3 nitrogen and oxygen atoms in total. The van der Waals surface area contributed by atoms with Crippen LogP contribution in [0.2, 0.25) is 0 Å². The van der Waals surface area contributed by atoms with E-state index in [9.17, 15) is 5.11 Å². The van der Waals surface area contributed by atoms with Crippen molar-refractivity contribution in [2.45, 2.75) is 27.2 Å². The molecule has 0 saturated heterocycles. The Kier molecular flexibility index (Phi) is 6.71. The van der Waals surface area contributed by atoms with Crippen LogP contribution < -0.4 is 0 Å². The van der Waals surface area contributed by atoms with Gasteiger partial charge in [-0.3, -0.25) is 4.98 Å². The lowest BCUT2D eigenvalue weighted by molar-refractivity contribution is 0.0381. The molecule has 1 aromatic heterocycles. The van der Waals surface area contributed by atoms with E-state index in [1.54, 1.807) is 6.20 Å². The third-order valence-corrected chi connectivity index (χ3v) is 3.77. The fraction of sp³-hybridized carbons (Fsp3) is 0.381. The number of hydrogen-bond acceptors (Lipinski definition) is 3. The second-order valence-corrected chi connectivity index (χ2v) is 7.09. The summed E-state index contributed by atoms with van der Waals surface area (Å²) in [7, 11) is 0. The van der Waals surface area contributed by atoms with Gasteiger partial charge in [-0.15, -0.1) is 0 Å². The van der Waals surface area contributed by atoms with Crippen LogP contribution in [0, 0.1) is 5.41 Å². The first-order valence-corrected chi connectivity index (χ1v) is 8.32. The summed E-state index contributed by atoms with van der Waals surface area (Å²) >= 11 is 0. The molecule has 0 saturated carbocycles. The molecule has 0 bridgehead atoms. The second kappa shape index (κ2) is 8.76. The molecule has 0 unspecified atom stereocenters. The van der Waals surface area contributed by atoms with Crippen LogP contribution in [-0.4, -0.2) is 29.9 Å². The van der Waals surface area contributed by atoms with Gasteiger partial charge in [0.2, 0.25) is 0 Å². The average Bonchev–Trinajstić information content (AvgIpc) is 2.57. The minimum atomic E-state index is -0.186. The molecular weight excluding hydrogens is 298 g/mol. The van der Waals surface area contributed by atoms with Gasteiger partial charge in [0.05, 0.1) is 19.8 Å². The van der Waals surface area contributed by atoms with Gasteiger partial charge in [-0.05, 0) is 41.7 Å². The van der Waals surface area contributed by atoms with Gasteiger partial charge < -0.3 is 9.84 Å². The first-order chi connectivity index (χ1) is 11.5.